The van der Waals surface area contributed by atoms with Gasteiger partial charge in [-0.3, -0.25) is 0 Å². The van der Waals surface area contributed by atoms with Gasteiger partial charge in [0.25, 0.3) is 0 Å². The molecule has 0 aromatic heterocycles. The van der Waals surface area contributed by atoms with Crippen molar-refractivity contribution in [3.63, 3.8) is 0 Å². The summed E-state index contributed by atoms with van der Waals surface area (Å²) in [6.07, 6.45) is 0. The van der Waals surface area contributed by atoms with Crippen LogP contribution in [0.25, 0.3) is 0 Å². The van der Waals surface area contributed by atoms with Gasteiger partial charge in [-0.1, -0.05) is 50.8 Å². The summed E-state index contributed by atoms with van der Waals surface area (Å²) in [6.45, 7) is 9.25. The quantitative estimate of drug-likeness (QED) is 0.684. The van der Waals surface area contributed by atoms with Gasteiger partial charge in [0.05, 0.1) is 12.4 Å². The number of hydrogen-bond acceptors (Lipinski definition) is 2. The van der Waals surface area contributed by atoms with E-state index in [9.17, 15) is 0 Å². The molecular formula is C14H20O2. The van der Waals surface area contributed by atoms with Gasteiger partial charge in [0.1, 0.15) is 6.61 Å². The molecule has 0 spiro atoms. The maximum absolute atomic E-state index is 5.67. The highest BCUT2D eigenvalue weighted by Crippen LogP contribution is 2.26. The fourth-order valence-corrected chi connectivity index (χ4v) is 1.38. The second-order valence-electron chi connectivity index (χ2n) is 4.51. The Morgan fingerprint density at radius 1 is 1.25 bits per heavy atom. The molecule has 0 bridgehead atoms. The van der Waals surface area contributed by atoms with Gasteiger partial charge >= 0.3 is 0 Å². The Hall–Kier alpha value is -1.28. The van der Waals surface area contributed by atoms with Gasteiger partial charge in [-0.15, -0.1) is 0 Å². The standard InChI is InChI=1S/C14H20O2/c1-12(14(2,3)11-15-4)16-10-13-8-6-5-7-9-13/h5-9H,1,10-11H2,2-4H3. The van der Waals surface area contributed by atoms with E-state index in [-0.39, 0.29) is 5.41 Å². The molecule has 0 aliphatic rings. The highest BCUT2D eigenvalue weighted by molar-refractivity contribution is 5.14. The van der Waals surface area contributed by atoms with E-state index in [0.29, 0.717) is 13.2 Å². The van der Waals surface area contributed by atoms with Crippen LogP contribution in [0.5, 0.6) is 0 Å². The van der Waals surface area contributed by atoms with Crippen molar-refractivity contribution >= 4 is 0 Å². The average molecular weight is 220 g/mol. The van der Waals surface area contributed by atoms with Crippen LogP contribution in [0.4, 0.5) is 0 Å². The minimum atomic E-state index is -0.149. The largest absolute Gasteiger partial charge is 0.493 e. The maximum atomic E-state index is 5.67. The fraction of sp³-hybridized carbons (Fsp3) is 0.429. The molecule has 16 heavy (non-hydrogen) atoms. The van der Waals surface area contributed by atoms with Gasteiger partial charge < -0.3 is 9.47 Å². The van der Waals surface area contributed by atoms with Crippen LogP contribution in [0.2, 0.25) is 0 Å². The monoisotopic (exact) mass is 220 g/mol. The van der Waals surface area contributed by atoms with Crippen molar-refractivity contribution in [3.05, 3.63) is 48.2 Å². The van der Waals surface area contributed by atoms with Crippen molar-refractivity contribution in [2.24, 2.45) is 5.41 Å². The highest BCUT2D eigenvalue weighted by Gasteiger charge is 2.23. The lowest BCUT2D eigenvalue weighted by Gasteiger charge is -2.26. The summed E-state index contributed by atoms with van der Waals surface area (Å²) in [5, 5.41) is 0. The zero-order valence-electron chi connectivity index (χ0n) is 10.3. The summed E-state index contributed by atoms with van der Waals surface area (Å²) in [5.41, 5.74) is 1.00. The number of ether oxygens (including phenoxy) is 2. The predicted molar refractivity (Wildman–Crippen MR) is 66.0 cm³/mol. The van der Waals surface area contributed by atoms with Gasteiger partial charge in [-0.2, -0.15) is 0 Å². The van der Waals surface area contributed by atoms with Crippen molar-refractivity contribution < 1.29 is 9.47 Å². The van der Waals surface area contributed by atoms with Crippen molar-refractivity contribution in [2.45, 2.75) is 20.5 Å². The molecule has 0 aliphatic carbocycles. The molecule has 0 atom stereocenters. The lowest BCUT2D eigenvalue weighted by Crippen LogP contribution is -2.22. The van der Waals surface area contributed by atoms with Crippen LogP contribution in [0.1, 0.15) is 19.4 Å². The SMILES string of the molecule is C=C(OCc1ccccc1)C(C)(C)COC. The smallest absolute Gasteiger partial charge is 0.113 e. The zero-order chi connectivity index (χ0) is 12.0. The number of methoxy groups -OCH3 is 1. The lowest BCUT2D eigenvalue weighted by atomic mass is 9.93. The molecule has 0 N–H and O–H groups in total. The van der Waals surface area contributed by atoms with Gasteiger partial charge in [0.15, 0.2) is 0 Å². The number of rotatable bonds is 6. The van der Waals surface area contributed by atoms with E-state index in [2.05, 4.69) is 20.4 Å². The Morgan fingerprint density at radius 3 is 2.44 bits per heavy atom. The second kappa shape index (κ2) is 5.71. The first-order valence-corrected chi connectivity index (χ1v) is 5.41. The third-order valence-corrected chi connectivity index (χ3v) is 2.52. The van der Waals surface area contributed by atoms with E-state index in [1.54, 1.807) is 7.11 Å². The molecule has 0 unspecified atom stereocenters. The molecule has 0 aliphatic heterocycles. The summed E-state index contributed by atoms with van der Waals surface area (Å²) in [7, 11) is 1.69. The molecule has 88 valence electrons. The molecule has 2 heteroatoms. The Labute approximate surface area is 97.9 Å². The molecule has 0 fully saturated rings. The second-order valence-corrected chi connectivity index (χ2v) is 4.51. The number of hydrogen-bond donors (Lipinski definition) is 0. The summed E-state index contributed by atoms with van der Waals surface area (Å²) in [5.74, 6) is 0.762. The van der Waals surface area contributed by atoms with Crippen molar-refractivity contribution in [2.75, 3.05) is 13.7 Å². The Balaban J connectivity index is 2.47. The summed E-state index contributed by atoms with van der Waals surface area (Å²) in [6, 6.07) is 10.1. The van der Waals surface area contributed by atoms with E-state index in [4.69, 9.17) is 9.47 Å². The van der Waals surface area contributed by atoms with Crippen LogP contribution in [-0.4, -0.2) is 13.7 Å². The average Bonchev–Trinajstić information content (AvgIpc) is 2.27. The predicted octanol–water partition coefficient (Wildman–Crippen LogP) is 3.39. The molecular weight excluding hydrogens is 200 g/mol. The molecule has 2 nitrogen and oxygen atoms in total. The van der Waals surface area contributed by atoms with Crippen LogP contribution in [0.3, 0.4) is 0 Å². The molecule has 0 heterocycles. The van der Waals surface area contributed by atoms with E-state index in [1.165, 1.54) is 0 Å². The molecule has 0 saturated heterocycles. The first kappa shape index (κ1) is 12.8. The molecule has 1 aromatic rings. The molecule has 1 aromatic carbocycles. The highest BCUT2D eigenvalue weighted by atomic mass is 16.5. The summed E-state index contributed by atoms with van der Waals surface area (Å²) < 4.78 is 10.8. The van der Waals surface area contributed by atoms with Gasteiger partial charge in [0, 0.05) is 12.5 Å². The summed E-state index contributed by atoms with van der Waals surface area (Å²) >= 11 is 0. The Bertz CT molecular complexity index is 328. The van der Waals surface area contributed by atoms with Crippen molar-refractivity contribution in [3.8, 4) is 0 Å². The first-order valence-electron chi connectivity index (χ1n) is 5.41. The number of benzene rings is 1. The van der Waals surface area contributed by atoms with E-state index in [0.717, 1.165) is 11.3 Å². The maximum Gasteiger partial charge on any atom is 0.113 e. The van der Waals surface area contributed by atoms with Crippen molar-refractivity contribution in [1.29, 1.82) is 0 Å². The zero-order valence-corrected chi connectivity index (χ0v) is 10.3. The Morgan fingerprint density at radius 2 is 1.88 bits per heavy atom. The van der Waals surface area contributed by atoms with E-state index in [1.807, 2.05) is 30.3 Å². The molecule has 0 amide bonds. The van der Waals surface area contributed by atoms with Crippen LogP contribution in [-0.2, 0) is 16.1 Å². The minimum absolute atomic E-state index is 0.149. The Kier molecular flexibility index (Phi) is 4.56. The van der Waals surface area contributed by atoms with Crippen LogP contribution >= 0.6 is 0 Å². The first-order chi connectivity index (χ1) is 7.56. The topological polar surface area (TPSA) is 18.5 Å². The van der Waals surface area contributed by atoms with Crippen LogP contribution in [0.15, 0.2) is 42.7 Å². The molecule has 1 rings (SSSR count). The lowest BCUT2D eigenvalue weighted by molar-refractivity contribution is 0.0640. The normalized spacial score (nSPS) is 11.2. The van der Waals surface area contributed by atoms with E-state index >= 15 is 0 Å². The minimum Gasteiger partial charge on any atom is -0.493 e. The summed E-state index contributed by atoms with van der Waals surface area (Å²) in [4.78, 5) is 0. The molecule has 0 radical (unpaired) electrons. The van der Waals surface area contributed by atoms with E-state index < -0.39 is 0 Å². The van der Waals surface area contributed by atoms with Crippen LogP contribution < -0.4 is 0 Å². The third-order valence-electron chi connectivity index (χ3n) is 2.52. The van der Waals surface area contributed by atoms with Crippen molar-refractivity contribution in [1.82, 2.24) is 0 Å². The molecule has 0 saturated carbocycles. The third kappa shape index (κ3) is 3.70. The fourth-order valence-electron chi connectivity index (χ4n) is 1.38. The van der Waals surface area contributed by atoms with Gasteiger partial charge in [0.2, 0.25) is 0 Å². The van der Waals surface area contributed by atoms with Crippen LogP contribution in [0, 0.1) is 5.41 Å². The van der Waals surface area contributed by atoms with Gasteiger partial charge in [-0.05, 0) is 5.56 Å². The van der Waals surface area contributed by atoms with Gasteiger partial charge in [-0.25, -0.2) is 0 Å².